The minimum absolute atomic E-state index is 0.0220. The summed E-state index contributed by atoms with van der Waals surface area (Å²) in [6, 6.07) is 15.8. The van der Waals surface area contributed by atoms with Crippen LogP contribution < -0.4 is 9.46 Å². The number of nitrogens with one attached hydrogen (secondary N) is 1. The number of sulfonamides is 1. The highest BCUT2D eigenvalue weighted by molar-refractivity contribution is 7.92. The van der Waals surface area contributed by atoms with Gasteiger partial charge in [-0.15, -0.1) is 0 Å². The van der Waals surface area contributed by atoms with Gasteiger partial charge in [0.05, 0.1) is 11.8 Å². The molecule has 3 aromatic rings. The summed E-state index contributed by atoms with van der Waals surface area (Å²) in [6.07, 6.45) is 3.24. The lowest BCUT2D eigenvalue weighted by Crippen LogP contribution is -2.11. The van der Waals surface area contributed by atoms with Crippen molar-refractivity contribution in [3.05, 3.63) is 93.8 Å². The largest absolute Gasteiger partial charge is 0.488 e. The van der Waals surface area contributed by atoms with E-state index < -0.39 is 16.0 Å². The second kappa shape index (κ2) is 10.1. The number of rotatable bonds is 8. The van der Waals surface area contributed by atoms with Crippen molar-refractivity contribution in [2.75, 3.05) is 11.0 Å². The van der Waals surface area contributed by atoms with Crippen LogP contribution in [-0.4, -0.2) is 25.7 Å². The normalized spacial score (nSPS) is 13.7. The third-order valence-electron chi connectivity index (χ3n) is 5.62. The van der Waals surface area contributed by atoms with Crippen molar-refractivity contribution in [1.82, 2.24) is 0 Å². The van der Waals surface area contributed by atoms with Crippen molar-refractivity contribution in [2.24, 2.45) is 0 Å². The van der Waals surface area contributed by atoms with Gasteiger partial charge in [0.1, 0.15) is 18.2 Å². The van der Waals surface area contributed by atoms with Crippen LogP contribution in [0.3, 0.4) is 0 Å². The van der Waals surface area contributed by atoms with Gasteiger partial charge in [-0.25, -0.2) is 17.6 Å². The van der Waals surface area contributed by atoms with Crippen molar-refractivity contribution in [3.63, 3.8) is 0 Å². The van der Waals surface area contributed by atoms with Crippen LogP contribution >= 0.6 is 11.6 Å². The molecule has 0 saturated carbocycles. The van der Waals surface area contributed by atoms with Gasteiger partial charge in [-0.05, 0) is 90.1 Å². The van der Waals surface area contributed by atoms with Crippen molar-refractivity contribution < 1.29 is 27.4 Å². The van der Waals surface area contributed by atoms with E-state index in [1.165, 1.54) is 18.2 Å². The Hall–Kier alpha value is -3.36. The number of ether oxygens (including phenoxy) is 1. The molecule has 0 aliphatic heterocycles. The van der Waals surface area contributed by atoms with E-state index in [0.29, 0.717) is 29.2 Å². The molecule has 35 heavy (non-hydrogen) atoms. The van der Waals surface area contributed by atoms with Crippen LogP contribution in [0.15, 0.2) is 60.7 Å². The first-order valence-corrected chi connectivity index (χ1v) is 13.1. The molecule has 4 rings (SSSR count). The number of benzene rings is 3. The number of anilines is 1. The molecule has 9 heteroatoms. The lowest BCUT2D eigenvalue weighted by Gasteiger charge is -2.16. The molecule has 0 unspecified atom stereocenters. The van der Waals surface area contributed by atoms with Crippen LogP contribution in [0.25, 0.3) is 11.1 Å². The van der Waals surface area contributed by atoms with Gasteiger partial charge < -0.3 is 9.84 Å². The monoisotopic (exact) mass is 515 g/mol. The minimum atomic E-state index is -3.59. The molecular formula is C26H23ClFNO5S. The number of hydrogen-bond donors (Lipinski definition) is 2. The molecule has 2 N–H and O–H groups in total. The average Bonchev–Trinajstić information content (AvgIpc) is 3.28. The average molecular weight is 516 g/mol. The Kier molecular flexibility index (Phi) is 7.14. The van der Waals surface area contributed by atoms with Gasteiger partial charge in [-0.2, -0.15) is 0 Å². The first-order valence-electron chi connectivity index (χ1n) is 10.8. The Labute approximate surface area is 208 Å². The fourth-order valence-electron chi connectivity index (χ4n) is 4.16. The van der Waals surface area contributed by atoms with E-state index in [4.69, 9.17) is 16.3 Å². The van der Waals surface area contributed by atoms with Crippen LogP contribution in [-0.2, 0) is 16.6 Å². The van der Waals surface area contributed by atoms with Gasteiger partial charge in [0, 0.05) is 16.3 Å². The Morgan fingerprint density at radius 1 is 1.06 bits per heavy atom. The first kappa shape index (κ1) is 24.8. The van der Waals surface area contributed by atoms with Crippen molar-refractivity contribution in [3.8, 4) is 5.75 Å². The minimum Gasteiger partial charge on any atom is -0.488 e. The maximum Gasteiger partial charge on any atom is 0.335 e. The molecular weight excluding hydrogens is 493 g/mol. The van der Waals surface area contributed by atoms with E-state index in [9.17, 15) is 22.7 Å². The molecule has 0 amide bonds. The lowest BCUT2D eigenvalue weighted by atomic mass is 9.95. The quantitative estimate of drug-likeness (QED) is 0.371. The van der Waals surface area contributed by atoms with E-state index in [2.05, 4.69) is 4.72 Å². The van der Waals surface area contributed by atoms with Gasteiger partial charge in [-0.1, -0.05) is 23.7 Å². The lowest BCUT2D eigenvalue weighted by molar-refractivity contribution is 0.0697. The number of aromatic carboxylic acids is 1. The number of allylic oxidation sites excluding steroid dienone is 2. The number of carboxylic acids is 1. The Morgan fingerprint density at radius 3 is 2.46 bits per heavy atom. The Balaban J connectivity index is 1.76. The van der Waals surface area contributed by atoms with E-state index >= 15 is 0 Å². The Bertz CT molecular complexity index is 1420. The van der Waals surface area contributed by atoms with Crippen molar-refractivity contribution in [2.45, 2.75) is 25.9 Å². The molecule has 0 saturated heterocycles. The van der Waals surface area contributed by atoms with E-state index in [-0.39, 0.29) is 23.7 Å². The maximum absolute atomic E-state index is 13.2. The molecule has 0 aromatic heterocycles. The highest BCUT2D eigenvalue weighted by Gasteiger charge is 2.23. The smallest absolute Gasteiger partial charge is 0.335 e. The number of carboxylic acid groups (broad SMARTS) is 1. The molecule has 0 radical (unpaired) electrons. The molecule has 0 fully saturated rings. The third kappa shape index (κ3) is 6.21. The maximum atomic E-state index is 13.2. The van der Waals surface area contributed by atoms with E-state index in [1.807, 2.05) is 0 Å². The third-order valence-corrected chi connectivity index (χ3v) is 6.47. The number of hydrogen-bond acceptors (Lipinski definition) is 4. The SMILES string of the molecule is CS(=O)(=O)Nc1cc(C(=O)O)cc(C2=C(c3cc(Cl)ccc3OCc3ccc(F)cc3)CCC2)c1. The second-order valence-corrected chi connectivity index (χ2v) is 10.5. The first-order chi connectivity index (χ1) is 16.6. The molecule has 6 nitrogen and oxygen atoms in total. The summed E-state index contributed by atoms with van der Waals surface area (Å²) in [7, 11) is -3.59. The Morgan fingerprint density at radius 2 is 1.77 bits per heavy atom. The van der Waals surface area contributed by atoms with Crippen LogP contribution in [0.2, 0.25) is 5.02 Å². The van der Waals surface area contributed by atoms with Crippen molar-refractivity contribution in [1.29, 1.82) is 0 Å². The summed E-state index contributed by atoms with van der Waals surface area (Å²) in [4.78, 5) is 11.7. The van der Waals surface area contributed by atoms with Gasteiger partial charge >= 0.3 is 5.97 Å². The summed E-state index contributed by atoms with van der Waals surface area (Å²) < 4.78 is 45.2. The fraction of sp³-hybridized carbons (Fsp3) is 0.192. The number of halogens is 2. The van der Waals surface area contributed by atoms with Gasteiger partial charge in [-0.3, -0.25) is 4.72 Å². The van der Waals surface area contributed by atoms with Gasteiger partial charge in [0.25, 0.3) is 0 Å². The molecule has 0 bridgehead atoms. The summed E-state index contributed by atoms with van der Waals surface area (Å²) >= 11 is 6.31. The molecule has 0 spiro atoms. The molecule has 1 aliphatic rings. The standard InChI is InChI=1S/C26H23ClFNO5S/c1-35(32,33)29-21-12-17(11-18(13-21)26(30)31)22-3-2-4-23(22)24-14-19(27)7-10-25(24)34-15-16-5-8-20(28)9-6-16/h5-14,29H,2-4,15H2,1H3,(H,30,31). The van der Waals surface area contributed by atoms with E-state index in [1.54, 1.807) is 42.5 Å². The van der Waals surface area contributed by atoms with Gasteiger partial charge in [0.15, 0.2) is 0 Å². The number of carbonyl (C=O) groups is 1. The van der Waals surface area contributed by atoms with Crippen LogP contribution in [0, 0.1) is 5.82 Å². The summed E-state index contributed by atoms with van der Waals surface area (Å²) in [5.41, 5.74) is 4.22. The zero-order valence-electron chi connectivity index (χ0n) is 18.8. The zero-order chi connectivity index (χ0) is 25.2. The second-order valence-electron chi connectivity index (χ2n) is 8.34. The predicted molar refractivity (Wildman–Crippen MR) is 135 cm³/mol. The molecule has 3 aromatic carbocycles. The summed E-state index contributed by atoms with van der Waals surface area (Å²) in [5.74, 6) is -0.887. The fourth-order valence-corrected chi connectivity index (χ4v) is 4.88. The molecule has 1 aliphatic carbocycles. The van der Waals surface area contributed by atoms with Crippen LogP contribution in [0.5, 0.6) is 5.75 Å². The highest BCUT2D eigenvalue weighted by Crippen LogP contribution is 2.44. The summed E-state index contributed by atoms with van der Waals surface area (Å²) in [6.45, 7) is 0.231. The topological polar surface area (TPSA) is 92.7 Å². The molecule has 182 valence electrons. The highest BCUT2D eigenvalue weighted by atomic mass is 35.5. The zero-order valence-corrected chi connectivity index (χ0v) is 20.4. The molecule has 0 atom stereocenters. The van der Waals surface area contributed by atoms with E-state index in [0.717, 1.165) is 34.9 Å². The van der Waals surface area contributed by atoms with Crippen LogP contribution in [0.4, 0.5) is 10.1 Å². The molecule has 0 heterocycles. The predicted octanol–water partition coefficient (Wildman–Crippen LogP) is 6.22. The van der Waals surface area contributed by atoms with Crippen LogP contribution in [0.1, 0.15) is 46.3 Å². The summed E-state index contributed by atoms with van der Waals surface area (Å²) in [5, 5.41) is 10.1. The van der Waals surface area contributed by atoms with Gasteiger partial charge in [0.2, 0.25) is 10.0 Å². The van der Waals surface area contributed by atoms with Crippen molar-refractivity contribution >= 4 is 44.4 Å².